The Labute approximate surface area is 140 Å². The van der Waals surface area contributed by atoms with Crippen LogP contribution in [-0.2, 0) is 11.3 Å². The molecule has 4 nitrogen and oxygen atoms in total. The van der Waals surface area contributed by atoms with Crippen LogP contribution in [0.15, 0.2) is 24.3 Å². The van der Waals surface area contributed by atoms with Crippen LogP contribution < -0.4 is 10.1 Å². The van der Waals surface area contributed by atoms with E-state index in [1.807, 2.05) is 36.2 Å². The molecule has 1 N–H and O–H groups in total. The van der Waals surface area contributed by atoms with E-state index >= 15 is 0 Å². The second-order valence-electron chi connectivity index (χ2n) is 6.81. The Balaban J connectivity index is 1.81. The molecule has 0 spiro atoms. The second kappa shape index (κ2) is 8.92. The van der Waals surface area contributed by atoms with Gasteiger partial charge in [0.05, 0.1) is 12.6 Å². The number of rotatable bonds is 7. The minimum atomic E-state index is 0.0554. The Morgan fingerprint density at radius 3 is 2.74 bits per heavy atom. The molecule has 1 aliphatic rings. The van der Waals surface area contributed by atoms with Crippen molar-refractivity contribution < 1.29 is 9.53 Å². The van der Waals surface area contributed by atoms with E-state index in [0.29, 0.717) is 25.2 Å². The highest BCUT2D eigenvalue weighted by atomic mass is 16.5. The van der Waals surface area contributed by atoms with Crippen LogP contribution >= 0.6 is 0 Å². The van der Waals surface area contributed by atoms with Crippen molar-refractivity contribution in [3.8, 4) is 5.75 Å². The SMILES string of the molecule is CC(C)N(C)CC(=O)NCc1cccc(OC2CCCCC2)c1. The van der Waals surface area contributed by atoms with E-state index in [0.717, 1.165) is 24.2 Å². The molecule has 2 rings (SSSR count). The number of hydrogen-bond donors (Lipinski definition) is 1. The van der Waals surface area contributed by atoms with Crippen LogP contribution in [0.4, 0.5) is 0 Å². The Hall–Kier alpha value is -1.55. The lowest BCUT2D eigenvalue weighted by Gasteiger charge is -2.23. The van der Waals surface area contributed by atoms with E-state index in [4.69, 9.17) is 4.74 Å². The van der Waals surface area contributed by atoms with Gasteiger partial charge < -0.3 is 10.1 Å². The number of nitrogens with zero attached hydrogens (tertiary/aromatic N) is 1. The van der Waals surface area contributed by atoms with Crippen molar-refractivity contribution in [1.29, 1.82) is 0 Å². The van der Waals surface area contributed by atoms with E-state index in [-0.39, 0.29) is 5.91 Å². The lowest BCUT2D eigenvalue weighted by atomic mass is 9.98. The van der Waals surface area contributed by atoms with Crippen LogP contribution in [0.1, 0.15) is 51.5 Å². The maximum atomic E-state index is 11.9. The van der Waals surface area contributed by atoms with Crippen molar-refractivity contribution in [2.75, 3.05) is 13.6 Å². The molecule has 0 heterocycles. The van der Waals surface area contributed by atoms with E-state index in [1.54, 1.807) is 0 Å². The van der Waals surface area contributed by atoms with Gasteiger partial charge in [-0.15, -0.1) is 0 Å². The van der Waals surface area contributed by atoms with Crippen molar-refractivity contribution in [3.63, 3.8) is 0 Å². The summed E-state index contributed by atoms with van der Waals surface area (Å²) in [5.41, 5.74) is 1.08. The topological polar surface area (TPSA) is 41.6 Å². The van der Waals surface area contributed by atoms with Crippen molar-refractivity contribution in [2.45, 2.75) is 64.6 Å². The van der Waals surface area contributed by atoms with Gasteiger partial charge in [0.25, 0.3) is 0 Å². The molecule has 0 radical (unpaired) electrons. The molecule has 1 amide bonds. The van der Waals surface area contributed by atoms with Gasteiger partial charge in [-0.05, 0) is 64.3 Å². The first-order valence-electron chi connectivity index (χ1n) is 8.77. The third-order valence-electron chi connectivity index (χ3n) is 4.52. The fourth-order valence-electron chi connectivity index (χ4n) is 2.77. The average molecular weight is 318 g/mol. The van der Waals surface area contributed by atoms with Gasteiger partial charge in [0.15, 0.2) is 0 Å². The van der Waals surface area contributed by atoms with Crippen LogP contribution in [-0.4, -0.2) is 36.5 Å². The maximum Gasteiger partial charge on any atom is 0.234 e. The molecule has 4 heteroatoms. The van der Waals surface area contributed by atoms with E-state index in [2.05, 4.69) is 19.2 Å². The molecule has 1 aliphatic carbocycles. The van der Waals surface area contributed by atoms with E-state index in [1.165, 1.54) is 19.3 Å². The van der Waals surface area contributed by atoms with Crippen LogP contribution in [0.5, 0.6) is 5.75 Å². The molecule has 1 fully saturated rings. The highest BCUT2D eigenvalue weighted by Crippen LogP contribution is 2.23. The number of amides is 1. The Kier molecular flexibility index (Phi) is 6.90. The zero-order valence-corrected chi connectivity index (χ0v) is 14.7. The number of carbonyl (C=O) groups excluding carboxylic acids is 1. The lowest BCUT2D eigenvalue weighted by Crippen LogP contribution is -2.38. The van der Waals surface area contributed by atoms with Gasteiger partial charge in [0.1, 0.15) is 5.75 Å². The number of ether oxygens (including phenoxy) is 1. The maximum absolute atomic E-state index is 11.9. The fraction of sp³-hybridized carbons (Fsp3) is 0.632. The van der Waals surface area contributed by atoms with Gasteiger partial charge in [0.2, 0.25) is 5.91 Å². The van der Waals surface area contributed by atoms with Gasteiger partial charge in [-0.1, -0.05) is 18.6 Å². The van der Waals surface area contributed by atoms with E-state index < -0.39 is 0 Å². The first kappa shape index (κ1) is 17.8. The lowest BCUT2D eigenvalue weighted by molar-refractivity contribution is -0.122. The molecular formula is C19H30N2O2. The normalized spacial score (nSPS) is 15.9. The zero-order chi connectivity index (χ0) is 16.7. The van der Waals surface area contributed by atoms with Gasteiger partial charge >= 0.3 is 0 Å². The van der Waals surface area contributed by atoms with Gasteiger partial charge in [-0.3, -0.25) is 9.69 Å². The molecule has 1 saturated carbocycles. The number of benzene rings is 1. The summed E-state index contributed by atoms with van der Waals surface area (Å²) < 4.78 is 6.08. The van der Waals surface area contributed by atoms with Crippen LogP contribution in [0, 0.1) is 0 Å². The summed E-state index contributed by atoms with van der Waals surface area (Å²) >= 11 is 0. The average Bonchev–Trinajstić information content (AvgIpc) is 2.54. The highest BCUT2D eigenvalue weighted by Gasteiger charge is 2.15. The molecule has 0 saturated heterocycles. The molecule has 23 heavy (non-hydrogen) atoms. The molecule has 0 unspecified atom stereocenters. The Bertz CT molecular complexity index is 496. The number of nitrogens with one attached hydrogen (secondary N) is 1. The summed E-state index contributed by atoms with van der Waals surface area (Å²) in [6, 6.07) is 8.45. The van der Waals surface area contributed by atoms with Gasteiger partial charge in [0, 0.05) is 12.6 Å². The molecule has 1 aromatic rings. The van der Waals surface area contributed by atoms with Gasteiger partial charge in [-0.25, -0.2) is 0 Å². The standard InChI is InChI=1S/C19H30N2O2/c1-15(2)21(3)14-19(22)20-13-16-8-7-11-18(12-16)23-17-9-5-4-6-10-17/h7-8,11-12,15,17H,4-6,9-10,13-14H2,1-3H3,(H,20,22). The second-order valence-corrected chi connectivity index (χ2v) is 6.81. The smallest absolute Gasteiger partial charge is 0.234 e. The molecule has 128 valence electrons. The Morgan fingerprint density at radius 2 is 2.04 bits per heavy atom. The predicted octanol–water partition coefficient (Wildman–Crippen LogP) is 3.35. The summed E-state index contributed by atoms with van der Waals surface area (Å²) in [7, 11) is 1.96. The monoisotopic (exact) mass is 318 g/mol. The summed E-state index contributed by atoms with van der Waals surface area (Å²) in [6.07, 6.45) is 6.53. The van der Waals surface area contributed by atoms with Crippen molar-refractivity contribution >= 4 is 5.91 Å². The highest BCUT2D eigenvalue weighted by molar-refractivity contribution is 5.78. The minimum Gasteiger partial charge on any atom is -0.490 e. The van der Waals surface area contributed by atoms with Crippen molar-refractivity contribution in [1.82, 2.24) is 10.2 Å². The zero-order valence-electron chi connectivity index (χ0n) is 14.7. The van der Waals surface area contributed by atoms with Crippen molar-refractivity contribution in [2.24, 2.45) is 0 Å². The molecule has 0 atom stereocenters. The number of hydrogen-bond acceptors (Lipinski definition) is 3. The fourth-order valence-corrected chi connectivity index (χ4v) is 2.77. The summed E-state index contributed by atoms with van der Waals surface area (Å²) in [5, 5.41) is 2.98. The minimum absolute atomic E-state index is 0.0554. The van der Waals surface area contributed by atoms with E-state index in [9.17, 15) is 4.79 Å². The van der Waals surface area contributed by atoms with Crippen LogP contribution in [0.2, 0.25) is 0 Å². The number of likely N-dealkylation sites (N-methyl/N-ethyl adjacent to an activating group) is 1. The predicted molar refractivity (Wildman–Crippen MR) is 93.6 cm³/mol. The third-order valence-corrected chi connectivity index (χ3v) is 4.52. The molecule has 0 aromatic heterocycles. The third kappa shape index (κ3) is 6.22. The van der Waals surface area contributed by atoms with Crippen LogP contribution in [0.25, 0.3) is 0 Å². The molecule has 0 bridgehead atoms. The van der Waals surface area contributed by atoms with Crippen molar-refractivity contribution in [3.05, 3.63) is 29.8 Å². The molecular weight excluding hydrogens is 288 g/mol. The van der Waals surface area contributed by atoms with Gasteiger partial charge in [-0.2, -0.15) is 0 Å². The molecule has 0 aliphatic heterocycles. The first-order valence-corrected chi connectivity index (χ1v) is 8.77. The summed E-state index contributed by atoms with van der Waals surface area (Å²) in [5.74, 6) is 0.975. The quantitative estimate of drug-likeness (QED) is 0.838. The summed E-state index contributed by atoms with van der Waals surface area (Å²) in [6.45, 7) is 5.14. The largest absolute Gasteiger partial charge is 0.490 e. The first-order chi connectivity index (χ1) is 11.0. The Morgan fingerprint density at radius 1 is 1.30 bits per heavy atom. The summed E-state index contributed by atoms with van der Waals surface area (Å²) in [4.78, 5) is 14.0. The number of carbonyl (C=O) groups is 1. The molecule has 1 aromatic carbocycles. The van der Waals surface area contributed by atoms with Crippen LogP contribution in [0.3, 0.4) is 0 Å².